The number of aromatic nitrogens is 2. The van der Waals surface area contributed by atoms with Gasteiger partial charge in [0, 0.05) is 19.3 Å². The highest BCUT2D eigenvalue weighted by atomic mass is 35.5. The van der Waals surface area contributed by atoms with Gasteiger partial charge in [0.25, 0.3) is 0 Å². The number of nitrogens with zero attached hydrogens (tertiary/aromatic N) is 3. The van der Waals surface area contributed by atoms with E-state index in [0.717, 1.165) is 43.0 Å². The molecule has 156 valence electrons. The van der Waals surface area contributed by atoms with Crippen molar-refractivity contribution in [3.8, 4) is 0 Å². The smallest absolute Gasteiger partial charge is 0.225 e. The molecule has 0 N–H and O–H groups in total. The molecule has 1 aromatic carbocycles. The summed E-state index contributed by atoms with van der Waals surface area (Å²) in [6.07, 6.45) is 8.10. The Labute approximate surface area is 177 Å². The van der Waals surface area contributed by atoms with E-state index >= 15 is 0 Å². The van der Waals surface area contributed by atoms with Gasteiger partial charge in [-0.15, -0.1) is 0 Å². The summed E-state index contributed by atoms with van der Waals surface area (Å²) in [5.74, 6) is 2.93. The molecule has 6 nitrogen and oxygen atoms in total. The maximum atomic E-state index is 11.5. The summed E-state index contributed by atoms with van der Waals surface area (Å²) in [6, 6.07) is 6.95. The normalized spacial score (nSPS) is 22.6. The van der Waals surface area contributed by atoms with Crippen molar-refractivity contribution in [1.82, 2.24) is 9.97 Å². The molecule has 2 aromatic rings. The highest BCUT2D eigenvalue weighted by Gasteiger charge is 2.43. The molecule has 8 heteroatoms. The fourth-order valence-electron chi connectivity index (χ4n) is 4.20. The van der Waals surface area contributed by atoms with Crippen LogP contribution in [-0.4, -0.2) is 44.3 Å². The summed E-state index contributed by atoms with van der Waals surface area (Å²) in [5.41, 5.74) is 1.01. The second-order valence-corrected chi connectivity index (χ2v) is 10.6. The second kappa shape index (κ2) is 8.58. The standard InChI is InChI=1S/C21H26ClN3O3S/c1-29(26,27)19-4-2-15(3-5-19)13-28-14-17-10-20(17)16-6-8-25(9-7-16)21-23-11-18(22)12-24-21/h2-5,11-12,16-17,20H,6-10,13-14H2,1H3/t17-,20-/m1/s1. The van der Waals surface area contributed by atoms with Gasteiger partial charge in [-0.05, 0) is 54.7 Å². The summed E-state index contributed by atoms with van der Waals surface area (Å²) < 4.78 is 28.9. The fraction of sp³-hybridized carbons (Fsp3) is 0.524. The van der Waals surface area contributed by atoms with Crippen molar-refractivity contribution in [1.29, 1.82) is 0 Å². The van der Waals surface area contributed by atoms with E-state index in [2.05, 4.69) is 14.9 Å². The second-order valence-electron chi connectivity index (χ2n) is 8.12. The first-order valence-electron chi connectivity index (χ1n) is 9.99. The van der Waals surface area contributed by atoms with E-state index in [1.807, 2.05) is 12.1 Å². The Hall–Kier alpha value is -1.70. The number of halogens is 1. The average Bonchev–Trinajstić information content (AvgIpc) is 3.48. The molecule has 2 aliphatic rings. The molecule has 1 saturated carbocycles. The zero-order valence-corrected chi connectivity index (χ0v) is 18.1. The van der Waals surface area contributed by atoms with Gasteiger partial charge < -0.3 is 9.64 Å². The van der Waals surface area contributed by atoms with Crippen molar-refractivity contribution in [3.05, 3.63) is 47.2 Å². The van der Waals surface area contributed by atoms with Crippen LogP contribution < -0.4 is 4.90 Å². The first-order valence-corrected chi connectivity index (χ1v) is 12.3. The lowest BCUT2D eigenvalue weighted by Crippen LogP contribution is -2.35. The van der Waals surface area contributed by atoms with Crippen molar-refractivity contribution in [2.24, 2.45) is 17.8 Å². The Bertz CT molecular complexity index is 927. The molecule has 4 rings (SSSR count). The number of piperidine rings is 1. The van der Waals surface area contributed by atoms with Gasteiger partial charge >= 0.3 is 0 Å². The minimum Gasteiger partial charge on any atom is -0.376 e. The molecule has 1 aliphatic carbocycles. The van der Waals surface area contributed by atoms with Crippen LogP contribution >= 0.6 is 11.6 Å². The molecule has 2 atom stereocenters. The van der Waals surface area contributed by atoms with E-state index in [9.17, 15) is 8.42 Å². The first-order chi connectivity index (χ1) is 13.9. The highest BCUT2D eigenvalue weighted by Crippen LogP contribution is 2.48. The Morgan fingerprint density at radius 1 is 1.14 bits per heavy atom. The summed E-state index contributed by atoms with van der Waals surface area (Å²) in [7, 11) is -3.14. The fourth-order valence-corrected chi connectivity index (χ4v) is 4.93. The summed E-state index contributed by atoms with van der Waals surface area (Å²) in [5, 5.41) is 0.566. The molecule has 2 heterocycles. The average molecular weight is 436 g/mol. The van der Waals surface area contributed by atoms with Gasteiger partial charge in [-0.2, -0.15) is 0 Å². The number of hydrogen-bond acceptors (Lipinski definition) is 6. The molecule has 0 spiro atoms. The SMILES string of the molecule is CS(=O)(=O)c1ccc(COC[C@H]2C[C@@H]2C2CCN(c3ncc(Cl)cn3)CC2)cc1. The minimum atomic E-state index is -3.14. The molecular formula is C21H26ClN3O3S. The van der Waals surface area contributed by atoms with E-state index in [0.29, 0.717) is 22.4 Å². The number of anilines is 1. The topological polar surface area (TPSA) is 72.4 Å². The molecule has 0 unspecified atom stereocenters. The van der Waals surface area contributed by atoms with Crippen molar-refractivity contribution in [2.75, 3.05) is 30.9 Å². The predicted octanol–water partition coefficient (Wildman–Crippen LogP) is 3.60. The van der Waals surface area contributed by atoms with Crippen LogP contribution in [0.15, 0.2) is 41.6 Å². The third-order valence-electron chi connectivity index (χ3n) is 5.96. The maximum absolute atomic E-state index is 11.5. The van der Waals surface area contributed by atoms with Crippen LogP contribution in [0.4, 0.5) is 5.95 Å². The lowest BCUT2D eigenvalue weighted by atomic mass is 9.91. The number of benzene rings is 1. The van der Waals surface area contributed by atoms with Crippen LogP contribution in [0.3, 0.4) is 0 Å². The molecular weight excluding hydrogens is 410 g/mol. The van der Waals surface area contributed by atoms with Crippen LogP contribution in [-0.2, 0) is 21.2 Å². The lowest BCUT2D eigenvalue weighted by Gasteiger charge is -2.32. The van der Waals surface area contributed by atoms with Gasteiger partial charge in [0.05, 0.1) is 35.5 Å². The molecule has 0 radical (unpaired) electrons. The number of hydrogen-bond donors (Lipinski definition) is 0. The molecule has 1 saturated heterocycles. The molecule has 1 aromatic heterocycles. The van der Waals surface area contributed by atoms with Gasteiger partial charge in [0.1, 0.15) is 0 Å². The third-order valence-corrected chi connectivity index (χ3v) is 7.29. The quantitative estimate of drug-likeness (QED) is 0.661. The van der Waals surface area contributed by atoms with E-state index in [-0.39, 0.29) is 0 Å². The summed E-state index contributed by atoms with van der Waals surface area (Å²) >= 11 is 5.87. The third kappa shape index (κ3) is 5.27. The van der Waals surface area contributed by atoms with E-state index in [1.54, 1.807) is 24.5 Å². The van der Waals surface area contributed by atoms with E-state index in [1.165, 1.54) is 25.5 Å². The van der Waals surface area contributed by atoms with Crippen molar-refractivity contribution in [2.45, 2.75) is 30.8 Å². The van der Waals surface area contributed by atoms with Gasteiger partial charge in [0.2, 0.25) is 5.95 Å². The van der Waals surface area contributed by atoms with Crippen molar-refractivity contribution in [3.63, 3.8) is 0 Å². The number of ether oxygens (including phenoxy) is 1. The van der Waals surface area contributed by atoms with Gasteiger partial charge in [0.15, 0.2) is 9.84 Å². The lowest BCUT2D eigenvalue weighted by molar-refractivity contribution is 0.104. The Kier molecular flexibility index (Phi) is 6.08. The number of sulfone groups is 1. The monoisotopic (exact) mass is 435 g/mol. The van der Waals surface area contributed by atoms with E-state index < -0.39 is 9.84 Å². The largest absolute Gasteiger partial charge is 0.376 e. The zero-order valence-electron chi connectivity index (χ0n) is 16.5. The highest BCUT2D eigenvalue weighted by molar-refractivity contribution is 7.90. The molecule has 29 heavy (non-hydrogen) atoms. The Balaban J connectivity index is 1.18. The number of rotatable bonds is 7. The molecule has 1 aliphatic heterocycles. The Morgan fingerprint density at radius 3 is 2.41 bits per heavy atom. The maximum Gasteiger partial charge on any atom is 0.225 e. The van der Waals surface area contributed by atoms with Crippen LogP contribution in [0.25, 0.3) is 0 Å². The van der Waals surface area contributed by atoms with Gasteiger partial charge in [-0.1, -0.05) is 23.7 Å². The predicted molar refractivity (Wildman–Crippen MR) is 113 cm³/mol. The first kappa shape index (κ1) is 20.6. The zero-order chi connectivity index (χ0) is 20.4. The van der Waals surface area contributed by atoms with Crippen LogP contribution in [0.1, 0.15) is 24.8 Å². The molecule has 2 fully saturated rings. The summed E-state index contributed by atoms with van der Waals surface area (Å²) in [4.78, 5) is 11.2. The van der Waals surface area contributed by atoms with Gasteiger partial charge in [-0.3, -0.25) is 0 Å². The molecule has 0 bridgehead atoms. The van der Waals surface area contributed by atoms with Crippen LogP contribution in [0, 0.1) is 17.8 Å². The van der Waals surface area contributed by atoms with Crippen molar-refractivity contribution >= 4 is 27.4 Å². The van der Waals surface area contributed by atoms with Crippen LogP contribution in [0.5, 0.6) is 0 Å². The minimum absolute atomic E-state index is 0.346. The van der Waals surface area contributed by atoms with Gasteiger partial charge in [-0.25, -0.2) is 18.4 Å². The van der Waals surface area contributed by atoms with E-state index in [4.69, 9.17) is 16.3 Å². The summed E-state index contributed by atoms with van der Waals surface area (Å²) in [6.45, 7) is 3.28. The van der Waals surface area contributed by atoms with Crippen LogP contribution in [0.2, 0.25) is 5.02 Å². The van der Waals surface area contributed by atoms with Crippen molar-refractivity contribution < 1.29 is 13.2 Å². The molecule has 0 amide bonds. The Morgan fingerprint density at radius 2 is 1.79 bits per heavy atom.